The summed E-state index contributed by atoms with van der Waals surface area (Å²) in [7, 11) is -3.71. The summed E-state index contributed by atoms with van der Waals surface area (Å²) in [5, 5.41) is 14.6. The Labute approximate surface area is 167 Å². The monoisotopic (exact) mass is 416 g/mol. The number of thiophene rings is 1. The standard InChI is InChI=1S/C20H20N2O4S2/c1-14-5-2-3-6-15(14)10-11-21-20(24)17-9-8-16(13-18(17)23)22-28(25,26)19-7-4-12-27-19/h2-9,12-13,22-23H,10-11H2,1H3,(H,21,24). The maximum Gasteiger partial charge on any atom is 0.271 e. The molecule has 0 spiro atoms. The smallest absolute Gasteiger partial charge is 0.271 e. The van der Waals surface area contributed by atoms with E-state index in [4.69, 9.17) is 0 Å². The maximum atomic E-state index is 12.3. The molecule has 3 aromatic rings. The Bertz CT molecular complexity index is 1080. The molecule has 1 heterocycles. The number of hydrogen-bond donors (Lipinski definition) is 3. The summed E-state index contributed by atoms with van der Waals surface area (Å²) in [6.07, 6.45) is 0.678. The third-order valence-corrected chi connectivity index (χ3v) is 6.97. The molecular formula is C20H20N2O4S2. The van der Waals surface area contributed by atoms with Crippen LogP contribution in [0.25, 0.3) is 0 Å². The number of benzene rings is 2. The first kappa shape index (κ1) is 19.9. The van der Waals surface area contributed by atoms with Gasteiger partial charge in [-0.05, 0) is 48.1 Å². The molecule has 1 aromatic heterocycles. The zero-order valence-corrected chi connectivity index (χ0v) is 16.8. The van der Waals surface area contributed by atoms with Gasteiger partial charge in [0.05, 0.1) is 11.3 Å². The normalized spacial score (nSPS) is 11.2. The number of anilines is 1. The molecule has 0 aliphatic rings. The van der Waals surface area contributed by atoms with Crippen LogP contribution in [0.3, 0.4) is 0 Å². The SMILES string of the molecule is Cc1ccccc1CCNC(=O)c1ccc(NS(=O)(=O)c2cccs2)cc1O. The number of sulfonamides is 1. The molecule has 0 radical (unpaired) electrons. The Balaban J connectivity index is 1.63. The number of aryl methyl sites for hydroxylation is 1. The van der Waals surface area contributed by atoms with Crippen LogP contribution in [0.1, 0.15) is 21.5 Å². The van der Waals surface area contributed by atoms with Crippen molar-refractivity contribution in [3.63, 3.8) is 0 Å². The van der Waals surface area contributed by atoms with Crippen molar-refractivity contribution in [1.29, 1.82) is 0 Å². The second-order valence-corrected chi connectivity index (χ2v) is 9.06. The number of phenolic OH excluding ortho intramolecular Hbond substituents is 1. The maximum absolute atomic E-state index is 12.3. The summed E-state index contributed by atoms with van der Waals surface area (Å²) in [6, 6.07) is 15.1. The Hall–Kier alpha value is -2.84. The van der Waals surface area contributed by atoms with E-state index in [1.165, 1.54) is 24.3 Å². The van der Waals surface area contributed by atoms with E-state index < -0.39 is 15.9 Å². The molecule has 0 bridgehead atoms. The third-order valence-electron chi connectivity index (χ3n) is 4.20. The Kier molecular flexibility index (Phi) is 6.01. The molecule has 0 aliphatic carbocycles. The quantitative estimate of drug-likeness (QED) is 0.549. The van der Waals surface area contributed by atoms with Crippen LogP contribution in [0.2, 0.25) is 0 Å². The van der Waals surface area contributed by atoms with Crippen LogP contribution in [0, 0.1) is 6.92 Å². The van der Waals surface area contributed by atoms with Crippen LogP contribution in [-0.4, -0.2) is 26.0 Å². The van der Waals surface area contributed by atoms with Crippen molar-refractivity contribution in [1.82, 2.24) is 5.32 Å². The zero-order valence-electron chi connectivity index (χ0n) is 15.2. The molecule has 0 saturated carbocycles. The van der Waals surface area contributed by atoms with Gasteiger partial charge in [-0.15, -0.1) is 11.3 Å². The van der Waals surface area contributed by atoms with E-state index >= 15 is 0 Å². The summed E-state index contributed by atoms with van der Waals surface area (Å²) >= 11 is 1.09. The van der Waals surface area contributed by atoms with E-state index in [-0.39, 0.29) is 21.2 Å². The number of amides is 1. The van der Waals surface area contributed by atoms with E-state index in [0.29, 0.717) is 13.0 Å². The van der Waals surface area contributed by atoms with Crippen molar-refractivity contribution in [2.75, 3.05) is 11.3 Å². The number of phenols is 1. The molecular weight excluding hydrogens is 396 g/mol. The average molecular weight is 417 g/mol. The van der Waals surface area contributed by atoms with Gasteiger partial charge in [-0.2, -0.15) is 0 Å². The van der Waals surface area contributed by atoms with Gasteiger partial charge in [-0.25, -0.2) is 8.42 Å². The Morgan fingerprint density at radius 1 is 1.11 bits per heavy atom. The first-order valence-electron chi connectivity index (χ1n) is 8.59. The van der Waals surface area contributed by atoms with E-state index in [9.17, 15) is 18.3 Å². The number of nitrogens with one attached hydrogen (secondary N) is 2. The molecule has 0 atom stereocenters. The molecule has 2 aromatic carbocycles. The topological polar surface area (TPSA) is 95.5 Å². The minimum Gasteiger partial charge on any atom is -0.507 e. The Morgan fingerprint density at radius 3 is 2.57 bits per heavy atom. The summed E-state index contributed by atoms with van der Waals surface area (Å²) < 4.78 is 27.0. The molecule has 3 rings (SSSR count). The first-order chi connectivity index (χ1) is 13.4. The van der Waals surface area contributed by atoms with E-state index in [1.54, 1.807) is 11.4 Å². The van der Waals surface area contributed by atoms with E-state index in [1.807, 2.05) is 31.2 Å². The highest BCUT2D eigenvalue weighted by Crippen LogP contribution is 2.25. The van der Waals surface area contributed by atoms with Gasteiger partial charge in [0.1, 0.15) is 9.96 Å². The fraction of sp³-hybridized carbons (Fsp3) is 0.150. The van der Waals surface area contributed by atoms with E-state index in [0.717, 1.165) is 22.5 Å². The second kappa shape index (κ2) is 8.45. The summed E-state index contributed by atoms with van der Waals surface area (Å²) in [4.78, 5) is 12.3. The second-order valence-electron chi connectivity index (χ2n) is 6.20. The van der Waals surface area contributed by atoms with Crippen molar-refractivity contribution in [2.24, 2.45) is 0 Å². The van der Waals surface area contributed by atoms with Crippen molar-refractivity contribution < 1.29 is 18.3 Å². The first-order valence-corrected chi connectivity index (χ1v) is 10.9. The molecule has 3 N–H and O–H groups in total. The van der Waals surface area contributed by atoms with Crippen molar-refractivity contribution >= 4 is 33.0 Å². The lowest BCUT2D eigenvalue weighted by molar-refractivity contribution is 0.0951. The van der Waals surface area contributed by atoms with Gasteiger partial charge in [0.2, 0.25) is 0 Å². The highest BCUT2D eigenvalue weighted by Gasteiger charge is 2.17. The van der Waals surface area contributed by atoms with Crippen LogP contribution in [0.5, 0.6) is 5.75 Å². The predicted molar refractivity (Wildman–Crippen MR) is 110 cm³/mol. The number of carbonyl (C=O) groups excluding carboxylic acids is 1. The average Bonchev–Trinajstić information content (AvgIpc) is 3.19. The number of rotatable bonds is 7. The lowest BCUT2D eigenvalue weighted by atomic mass is 10.1. The highest BCUT2D eigenvalue weighted by atomic mass is 32.2. The zero-order chi connectivity index (χ0) is 20.1. The molecule has 0 fully saturated rings. The van der Waals surface area contributed by atoms with Crippen LogP contribution >= 0.6 is 11.3 Å². The number of aromatic hydroxyl groups is 1. The summed E-state index contributed by atoms with van der Waals surface area (Å²) in [5.74, 6) is -0.710. The van der Waals surface area contributed by atoms with Gasteiger partial charge in [0, 0.05) is 12.6 Å². The lowest BCUT2D eigenvalue weighted by Crippen LogP contribution is -2.26. The molecule has 146 valence electrons. The third kappa shape index (κ3) is 4.71. The van der Waals surface area contributed by atoms with Gasteiger partial charge < -0.3 is 10.4 Å². The Morgan fingerprint density at radius 2 is 1.89 bits per heavy atom. The molecule has 0 aliphatic heterocycles. The molecule has 8 heteroatoms. The number of hydrogen-bond acceptors (Lipinski definition) is 5. The van der Waals surface area contributed by atoms with Gasteiger partial charge in [-0.3, -0.25) is 9.52 Å². The van der Waals surface area contributed by atoms with Gasteiger partial charge in [0.15, 0.2) is 0 Å². The molecule has 0 unspecified atom stereocenters. The van der Waals surface area contributed by atoms with E-state index in [2.05, 4.69) is 10.0 Å². The van der Waals surface area contributed by atoms with Crippen molar-refractivity contribution in [2.45, 2.75) is 17.6 Å². The largest absolute Gasteiger partial charge is 0.507 e. The van der Waals surface area contributed by atoms with Gasteiger partial charge in [0.25, 0.3) is 15.9 Å². The van der Waals surface area contributed by atoms with Crippen LogP contribution in [-0.2, 0) is 16.4 Å². The van der Waals surface area contributed by atoms with Crippen LogP contribution in [0.15, 0.2) is 64.2 Å². The van der Waals surface area contributed by atoms with Crippen molar-refractivity contribution in [3.8, 4) is 5.75 Å². The molecule has 0 saturated heterocycles. The van der Waals surface area contributed by atoms with Crippen LogP contribution in [0.4, 0.5) is 5.69 Å². The molecule has 6 nitrogen and oxygen atoms in total. The van der Waals surface area contributed by atoms with Crippen LogP contribution < -0.4 is 10.0 Å². The minimum absolute atomic E-state index is 0.0869. The molecule has 1 amide bonds. The molecule has 28 heavy (non-hydrogen) atoms. The van der Waals surface area contributed by atoms with Crippen molar-refractivity contribution in [3.05, 3.63) is 76.7 Å². The fourth-order valence-corrected chi connectivity index (χ4v) is 4.75. The summed E-state index contributed by atoms with van der Waals surface area (Å²) in [5.41, 5.74) is 2.57. The minimum atomic E-state index is -3.71. The lowest BCUT2D eigenvalue weighted by Gasteiger charge is -2.11. The predicted octanol–water partition coefficient (Wildman–Crippen LogP) is 3.54. The van der Waals surface area contributed by atoms with Gasteiger partial charge >= 0.3 is 0 Å². The fourth-order valence-electron chi connectivity index (χ4n) is 2.71. The highest BCUT2D eigenvalue weighted by molar-refractivity contribution is 7.94. The summed E-state index contributed by atoms with van der Waals surface area (Å²) in [6.45, 7) is 2.44. The van der Waals surface area contributed by atoms with Gasteiger partial charge in [-0.1, -0.05) is 30.3 Å². The number of carbonyl (C=O) groups is 1.